The fourth-order valence-electron chi connectivity index (χ4n) is 1.80. The van der Waals surface area contributed by atoms with Gasteiger partial charge >= 0.3 is 12.0 Å². The van der Waals surface area contributed by atoms with Crippen molar-refractivity contribution in [2.75, 3.05) is 19.6 Å². The van der Waals surface area contributed by atoms with Crippen molar-refractivity contribution >= 4 is 12.0 Å². The number of amides is 2. The van der Waals surface area contributed by atoms with E-state index in [0.29, 0.717) is 13.1 Å². The van der Waals surface area contributed by atoms with E-state index in [1.165, 1.54) is 4.90 Å². The van der Waals surface area contributed by atoms with Gasteiger partial charge in [0, 0.05) is 19.1 Å². The van der Waals surface area contributed by atoms with E-state index in [9.17, 15) is 9.59 Å². The first-order valence-electron chi connectivity index (χ1n) is 6.75. The molecule has 0 aromatic heterocycles. The predicted octanol–water partition coefficient (Wildman–Crippen LogP) is 2.41. The highest BCUT2D eigenvalue weighted by atomic mass is 16.4. The van der Waals surface area contributed by atoms with Gasteiger partial charge in [-0.2, -0.15) is 0 Å². The Morgan fingerprint density at radius 3 is 1.94 bits per heavy atom. The fraction of sp³-hybridized carbons (Fsp3) is 0.846. The molecule has 0 fully saturated rings. The van der Waals surface area contributed by atoms with Crippen LogP contribution in [0.4, 0.5) is 4.79 Å². The minimum atomic E-state index is -0.961. The average Bonchev–Trinajstić information content (AvgIpc) is 2.33. The van der Waals surface area contributed by atoms with Crippen LogP contribution in [0.25, 0.3) is 0 Å². The third-order valence-corrected chi connectivity index (χ3v) is 2.93. The summed E-state index contributed by atoms with van der Waals surface area (Å²) in [6.07, 6.45) is 2.52. The second-order valence-electron chi connectivity index (χ2n) is 4.55. The van der Waals surface area contributed by atoms with E-state index in [1.807, 2.05) is 27.7 Å². The van der Waals surface area contributed by atoms with Crippen LogP contribution >= 0.6 is 0 Å². The van der Waals surface area contributed by atoms with E-state index in [0.717, 1.165) is 19.3 Å². The SMILES string of the molecule is CCCN(CCC)C(=O)N(CC(=O)O)C(C)CC. The molecule has 1 N–H and O–H groups in total. The molecule has 2 amide bonds. The van der Waals surface area contributed by atoms with Crippen molar-refractivity contribution in [1.29, 1.82) is 0 Å². The zero-order chi connectivity index (χ0) is 14.1. The molecule has 0 aliphatic heterocycles. The molecule has 0 aliphatic rings. The Hall–Kier alpha value is -1.26. The molecule has 106 valence electrons. The topological polar surface area (TPSA) is 60.9 Å². The van der Waals surface area contributed by atoms with Crippen molar-refractivity contribution in [1.82, 2.24) is 9.80 Å². The summed E-state index contributed by atoms with van der Waals surface area (Å²) in [5.41, 5.74) is 0. The van der Waals surface area contributed by atoms with Crippen LogP contribution in [0.3, 0.4) is 0 Å². The average molecular weight is 258 g/mol. The molecule has 0 bridgehead atoms. The van der Waals surface area contributed by atoms with Crippen LogP contribution in [0.1, 0.15) is 47.0 Å². The lowest BCUT2D eigenvalue weighted by Gasteiger charge is -2.33. The lowest BCUT2D eigenvalue weighted by molar-refractivity contribution is -0.138. The summed E-state index contributed by atoms with van der Waals surface area (Å²) in [4.78, 5) is 26.4. The predicted molar refractivity (Wildman–Crippen MR) is 71.6 cm³/mol. The van der Waals surface area contributed by atoms with Gasteiger partial charge < -0.3 is 14.9 Å². The summed E-state index contributed by atoms with van der Waals surface area (Å²) >= 11 is 0. The summed E-state index contributed by atoms with van der Waals surface area (Å²) in [7, 11) is 0. The van der Waals surface area contributed by atoms with Crippen LogP contribution in [0, 0.1) is 0 Å². The molecule has 0 radical (unpaired) electrons. The number of carbonyl (C=O) groups is 2. The Morgan fingerprint density at radius 1 is 1.11 bits per heavy atom. The molecule has 0 saturated heterocycles. The van der Waals surface area contributed by atoms with Crippen LogP contribution in [0.15, 0.2) is 0 Å². The highest BCUT2D eigenvalue weighted by Gasteiger charge is 2.25. The first kappa shape index (κ1) is 16.7. The van der Waals surface area contributed by atoms with Gasteiger partial charge in [-0.3, -0.25) is 4.79 Å². The Morgan fingerprint density at radius 2 is 1.61 bits per heavy atom. The number of rotatable bonds is 8. The highest BCUT2D eigenvalue weighted by Crippen LogP contribution is 2.09. The third-order valence-electron chi connectivity index (χ3n) is 2.93. The summed E-state index contributed by atoms with van der Waals surface area (Å²) in [5.74, 6) is -0.961. The number of hydrogen-bond acceptors (Lipinski definition) is 2. The Bertz CT molecular complexity index is 263. The number of urea groups is 1. The molecular weight excluding hydrogens is 232 g/mol. The first-order valence-corrected chi connectivity index (χ1v) is 6.75. The number of hydrogen-bond donors (Lipinski definition) is 1. The van der Waals surface area contributed by atoms with Gasteiger partial charge in [0.1, 0.15) is 6.54 Å². The van der Waals surface area contributed by atoms with Gasteiger partial charge in [-0.25, -0.2) is 4.79 Å². The molecule has 0 aliphatic carbocycles. The quantitative estimate of drug-likeness (QED) is 0.727. The third kappa shape index (κ3) is 5.38. The lowest BCUT2D eigenvalue weighted by Crippen LogP contribution is -2.49. The smallest absolute Gasteiger partial charge is 0.323 e. The van der Waals surface area contributed by atoms with E-state index in [4.69, 9.17) is 5.11 Å². The molecule has 0 heterocycles. The molecule has 5 nitrogen and oxygen atoms in total. The lowest BCUT2D eigenvalue weighted by atomic mass is 10.2. The maximum atomic E-state index is 12.3. The summed E-state index contributed by atoms with van der Waals surface area (Å²) in [5, 5.41) is 8.91. The summed E-state index contributed by atoms with van der Waals surface area (Å²) in [6, 6.07) is -0.208. The molecule has 5 heteroatoms. The Labute approximate surface area is 110 Å². The van der Waals surface area contributed by atoms with Gasteiger partial charge in [0.15, 0.2) is 0 Å². The number of nitrogens with zero attached hydrogens (tertiary/aromatic N) is 2. The second-order valence-corrected chi connectivity index (χ2v) is 4.55. The van der Waals surface area contributed by atoms with Crippen molar-refractivity contribution in [3.8, 4) is 0 Å². The first-order chi connectivity index (χ1) is 8.47. The van der Waals surface area contributed by atoms with Gasteiger partial charge in [-0.05, 0) is 26.2 Å². The molecule has 1 unspecified atom stereocenters. The van der Waals surface area contributed by atoms with E-state index >= 15 is 0 Å². The van der Waals surface area contributed by atoms with Gasteiger partial charge in [0.2, 0.25) is 0 Å². The minimum absolute atomic E-state index is 0.0511. The van der Waals surface area contributed by atoms with Gasteiger partial charge in [-0.15, -0.1) is 0 Å². The Kier molecular flexibility index (Phi) is 8.16. The van der Waals surface area contributed by atoms with Crippen molar-refractivity contribution in [3.05, 3.63) is 0 Å². The standard InChI is InChI=1S/C13H26N2O3/c1-5-8-14(9-6-2)13(18)15(10-12(16)17)11(4)7-3/h11H,5-10H2,1-4H3,(H,16,17). The number of carbonyl (C=O) groups excluding carboxylic acids is 1. The van der Waals surface area contributed by atoms with Crippen LogP contribution in [0.5, 0.6) is 0 Å². The van der Waals surface area contributed by atoms with Crippen molar-refractivity contribution < 1.29 is 14.7 Å². The number of carboxylic acid groups (broad SMARTS) is 1. The van der Waals surface area contributed by atoms with E-state index in [1.54, 1.807) is 4.90 Å². The molecule has 0 rings (SSSR count). The van der Waals surface area contributed by atoms with Crippen LogP contribution in [-0.4, -0.2) is 52.6 Å². The fourth-order valence-corrected chi connectivity index (χ4v) is 1.80. The normalized spacial score (nSPS) is 12.0. The number of aliphatic carboxylic acids is 1. The van der Waals surface area contributed by atoms with Gasteiger partial charge in [-0.1, -0.05) is 20.8 Å². The zero-order valence-corrected chi connectivity index (χ0v) is 12.0. The van der Waals surface area contributed by atoms with Crippen LogP contribution in [0.2, 0.25) is 0 Å². The van der Waals surface area contributed by atoms with Gasteiger partial charge in [0.25, 0.3) is 0 Å². The molecule has 18 heavy (non-hydrogen) atoms. The van der Waals surface area contributed by atoms with Crippen molar-refractivity contribution in [2.45, 2.75) is 53.0 Å². The van der Waals surface area contributed by atoms with E-state index in [2.05, 4.69) is 0 Å². The van der Waals surface area contributed by atoms with Crippen LogP contribution < -0.4 is 0 Å². The van der Waals surface area contributed by atoms with E-state index < -0.39 is 5.97 Å². The second kappa shape index (κ2) is 8.78. The molecule has 0 spiro atoms. The monoisotopic (exact) mass is 258 g/mol. The molecule has 1 atom stereocenters. The highest BCUT2D eigenvalue weighted by molar-refractivity contribution is 5.80. The van der Waals surface area contributed by atoms with Gasteiger partial charge in [0.05, 0.1) is 0 Å². The van der Waals surface area contributed by atoms with Crippen molar-refractivity contribution in [2.24, 2.45) is 0 Å². The molecule has 0 saturated carbocycles. The van der Waals surface area contributed by atoms with Crippen molar-refractivity contribution in [3.63, 3.8) is 0 Å². The maximum Gasteiger partial charge on any atom is 0.323 e. The minimum Gasteiger partial charge on any atom is -0.480 e. The van der Waals surface area contributed by atoms with E-state index in [-0.39, 0.29) is 18.6 Å². The molecular formula is C13H26N2O3. The Balaban J connectivity index is 4.83. The molecule has 0 aromatic rings. The summed E-state index contributed by atoms with van der Waals surface area (Å²) < 4.78 is 0. The number of carboxylic acids is 1. The summed E-state index contributed by atoms with van der Waals surface area (Å²) in [6.45, 7) is 9.01. The zero-order valence-electron chi connectivity index (χ0n) is 12.0. The maximum absolute atomic E-state index is 12.3. The molecule has 0 aromatic carbocycles. The largest absolute Gasteiger partial charge is 0.480 e. The van der Waals surface area contributed by atoms with Crippen LogP contribution in [-0.2, 0) is 4.79 Å².